The summed E-state index contributed by atoms with van der Waals surface area (Å²) in [5, 5.41) is 3.03. The second kappa shape index (κ2) is 7.22. The first-order valence-corrected chi connectivity index (χ1v) is 6.85. The predicted molar refractivity (Wildman–Crippen MR) is 75.4 cm³/mol. The monoisotopic (exact) mass is 306 g/mol. The fraction of sp³-hybridized carbons (Fsp3) is 0.600. The number of nitrogens with zero attached hydrogens (tertiary/aromatic N) is 1. The SMILES string of the molecule is CC(C)C(CNCc1ccc(F)cc1C(F)(F)F)N(C)C. The van der Waals surface area contributed by atoms with E-state index in [0.29, 0.717) is 18.5 Å². The normalized spacial score (nSPS) is 14.0. The van der Waals surface area contributed by atoms with Crippen molar-refractivity contribution in [2.75, 3.05) is 20.6 Å². The predicted octanol–water partition coefficient (Wildman–Crippen LogP) is 3.52. The molecular weight excluding hydrogens is 284 g/mol. The van der Waals surface area contributed by atoms with Crippen molar-refractivity contribution in [2.45, 2.75) is 32.6 Å². The molecule has 21 heavy (non-hydrogen) atoms. The van der Waals surface area contributed by atoms with Gasteiger partial charge in [0.1, 0.15) is 5.82 Å². The van der Waals surface area contributed by atoms with E-state index in [0.717, 1.165) is 6.07 Å². The molecule has 0 amide bonds. The summed E-state index contributed by atoms with van der Waals surface area (Å²) >= 11 is 0. The zero-order chi connectivity index (χ0) is 16.2. The van der Waals surface area contributed by atoms with Crippen molar-refractivity contribution < 1.29 is 17.6 Å². The molecule has 0 fully saturated rings. The minimum Gasteiger partial charge on any atom is -0.311 e. The van der Waals surface area contributed by atoms with E-state index in [1.54, 1.807) is 0 Å². The average Bonchev–Trinajstić information content (AvgIpc) is 2.33. The van der Waals surface area contributed by atoms with Crippen LogP contribution in [0.15, 0.2) is 18.2 Å². The third-order valence-corrected chi connectivity index (χ3v) is 3.48. The topological polar surface area (TPSA) is 15.3 Å². The first-order chi connectivity index (χ1) is 9.62. The highest BCUT2D eigenvalue weighted by molar-refractivity contribution is 5.30. The lowest BCUT2D eigenvalue weighted by molar-refractivity contribution is -0.138. The summed E-state index contributed by atoms with van der Waals surface area (Å²) in [7, 11) is 3.87. The van der Waals surface area contributed by atoms with Crippen LogP contribution in [0.4, 0.5) is 17.6 Å². The number of benzene rings is 1. The molecule has 1 aromatic carbocycles. The lowest BCUT2D eigenvalue weighted by atomic mass is 10.0. The van der Waals surface area contributed by atoms with Gasteiger partial charge in [-0.3, -0.25) is 0 Å². The van der Waals surface area contributed by atoms with Crippen LogP contribution < -0.4 is 5.32 Å². The van der Waals surface area contributed by atoms with Crippen molar-refractivity contribution in [3.8, 4) is 0 Å². The molecule has 0 aliphatic carbocycles. The maximum absolute atomic E-state index is 13.0. The first kappa shape index (κ1) is 17.9. The van der Waals surface area contributed by atoms with Crippen LogP contribution >= 0.6 is 0 Å². The summed E-state index contributed by atoms with van der Waals surface area (Å²) in [4.78, 5) is 2.03. The van der Waals surface area contributed by atoms with Gasteiger partial charge in [-0.1, -0.05) is 19.9 Å². The van der Waals surface area contributed by atoms with E-state index in [-0.39, 0.29) is 18.2 Å². The van der Waals surface area contributed by atoms with Crippen molar-refractivity contribution >= 4 is 0 Å². The molecule has 0 saturated heterocycles. The summed E-state index contributed by atoms with van der Waals surface area (Å²) < 4.78 is 51.6. The Bertz CT molecular complexity index is 447. The Hall–Kier alpha value is -1.14. The number of alkyl halides is 3. The molecule has 0 radical (unpaired) electrons. The molecule has 2 nitrogen and oxygen atoms in total. The summed E-state index contributed by atoms with van der Waals surface area (Å²) in [5.74, 6) is -0.498. The van der Waals surface area contributed by atoms with Gasteiger partial charge in [0.2, 0.25) is 0 Å². The molecule has 0 aromatic heterocycles. The smallest absolute Gasteiger partial charge is 0.311 e. The molecule has 120 valence electrons. The minimum absolute atomic E-state index is 0.0603. The van der Waals surface area contributed by atoms with Crippen LogP contribution in [0.3, 0.4) is 0 Å². The van der Waals surface area contributed by atoms with E-state index in [9.17, 15) is 17.6 Å². The Morgan fingerprint density at radius 3 is 2.29 bits per heavy atom. The van der Waals surface area contributed by atoms with E-state index in [1.807, 2.05) is 19.0 Å². The van der Waals surface area contributed by atoms with Crippen LogP contribution in [0.2, 0.25) is 0 Å². The Kier molecular flexibility index (Phi) is 6.16. The van der Waals surface area contributed by atoms with Gasteiger partial charge in [-0.15, -0.1) is 0 Å². The lowest BCUT2D eigenvalue weighted by Gasteiger charge is -2.28. The number of halogens is 4. The summed E-state index contributed by atoms with van der Waals surface area (Å²) in [6, 6.07) is 3.01. The number of rotatable bonds is 6. The molecule has 0 heterocycles. The van der Waals surface area contributed by atoms with Crippen molar-refractivity contribution in [1.82, 2.24) is 10.2 Å². The number of hydrogen-bond acceptors (Lipinski definition) is 2. The molecule has 1 aromatic rings. The van der Waals surface area contributed by atoms with Crippen molar-refractivity contribution in [3.63, 3.8) is 0 Å². The highest BCUT2D eigenvalue weighted by Crippen LogP contribution is 2.32. The molecule has 0 saturated carbocycles. The highest BCUT2D eigenvalue weighted by atomic mass is 19.4. The number of nitrogens with one attached hydrogen (secondary N) is 1. The van der Waals surface area contributed by atoms with Crippen molar-refractivity contribution in [3.05, 3.63) is 35.1 Å². The van der Waals surface area contributed by atoms with Gasteiger partial charge in [0, 0.05) is 19.1 Å². The first-order valence-electron chi connectivity index (χ1n) is 6.85. The summed E-state index contributed by atoms with van der Waals surface area (Å²) in [6.07, 6.45) is -4.54. The quantitative estimate of drug-likeness (QED) is 0.809. The Morgan fingerprint density at radius 2 is 1.81 bits per heavy atom. The van der Waals surface area contributed by atoms with Crippen LogP contribution in [-0.2, 0) is 12.7 Å². The molecule has 1 atom stereocenters. The molecule has 1 unspecified atom stereocenters. The van der Waals surface area contributed by atoms with Crippen LogP contribution in [0.1, 0.15) is 25.0 Å². The molecule has 1 N–H and O–H groups in total. The third-order valence-electron chi connectivity index (χ3n) is 3.48. The standard InChI is InChI=1S/C15H22F4N2/c1-10(2)14(21(3)4)9-20-8-11-5-6-12(16)7-13(11)15(17,18)19/h5-7,10,14,20H,8-9H2,1-4H3. The molecule has 0 aliphatic heterocycles. The molecule has 0 spiro atoms. The van der Waals surface area contributed by atoms with E-state index in [1.165, 1.54) is 6.07 Å². The zero-order valence-electron chi connectivity index (χ0n) is 12.8. The Balaban J connectivity index is 2.76. The van der Waals surface area contributed by atoms with Crippen LogP contribution in [0.5, 0.6) is 0 Å². The molecule has 1 rings (SSSR count). The van der Waals surface area contributed by atoms with E-state index in [4.69, 9.17) is 0 Å². The largest absolute Gasteiger partial charge is 0.416 e. The van der Waals surface area contributed by atoms with Crippen molar-refractivity contribution in [2.24, 2.45) is 5.92 Å². The fourth-order valence-corrected chi connectivity index (χ4v) is 2.34. The Labute approximate surface area is 123 Å². The number of hydrogen-bond donors (Lipinski definition) is 1. The van der Waals surface area contributed by atoms with Gasteiger partial charge in [-0.2, -0.15) is 13.2 Å². The van der Waals surface area contributed by atoms with E-state index < -0.39 is 17.6 Å². The molecule has 0 bridgehead atoms. The van der Waals surface area contributed by atoms with Gasteiger partial charge in [-0.05, 0) is 37.7 Å². The van der Waals surface area contributed by atoms with Crippen LogP contribution in [0.25, 0.3) is 0 Å². The van der Waals surface area contributed by atoms with Gasteiger partial charge >= 0.3 is 6.18 Å². The van der Waals surface area contributed by atoms with E-state index in [2.05, 4.69) is 19.2 Å². The van der Waals surface area contributed by atoms with Gasteiger partial charge in [0.15, 0.2) is 0 Å². The van der Waals surface area contributed by atoms with Gasteiger partial charge in [-0.25, -0.2) is 4.39 Å². The van der Waals surface area contributed by atoms with Gasteiger partial charge in [0.05, 0.1) is 5.56 Å². The molecular formula is C15H22F4N2. The van der Waals surface area contributed by atoms with E-state index >= 15 is 0 Å². The molecule has 6 heteroatoms. The second-order valence-electron chi connectivity index (χ2n) is 5.71. The summed E-state index contributed by atoms with van der Waals surface area (Å²) in [5.41, 5.74) is -0.855. The van der Waals surface area contributed by atoms with Gasteiger partial charge < -0.3 is 10.2 Å². The second-order valence-corrected chi connectivity index (χ2v) is 5.71. The summed E-state index contributed by atoms with van der Waals surface area (Å²) in [6.45, 7) is 4.75. The number of likely N-dealkylation sites (N-methyl/N-ethyl adjacent to an activating group) is 1. The average molecular weight is 306 g/mol. The van der Waals surface area contributed by atoms with Crippen LogP contribution in [-0.4, -0.2) is 31.6 Å². The van der Waals surface area contributed by atoms with Gasteiger partial charge in [0.25, 0.3) is 0 Å². The minimum atomic E-state index is -4.54. The Morgan fingerprint density at radius 1 is 1.19 bits per heavy atom. The van der Waals surface area contributed by atoms with Crippen molar-refractivity contribution in [1.29, 1.82) is 0 Å². The fourth-order valence-electron chi connectivity index (χ4n) is 2.34. The maximum Gasteiger partial charge on any atom is 0.416 e. The van der Waals surface area contributed by atoms with Crippen LogP contribution in [0, 0.1) is 11.7 Å². The molecule has 0 aliphatic rings. The zero-order valence-corrected chi connectivity index (χ0v) is 12.8. The third kappa shape index (κ3) is 5.28. The highest BCUT2D eigenvalue weighted by Gasteiger charge is 2.33. The lowest BCUT2D eigenvalue weighted by Crippen LogP contribution is -2.41. The maximum atomic E-state index is 13.0.